The van der Waals surface area contributed by atoms with Gasteiger partial charge in [0.1, 0.15) is 0 Å². The van der Waals surface area contributed by atoms with Crippen LogP contribution in [0.2, 0.25) is 0 Å². The molecule has 1 aromatic carbocycles. The smallest absolute Gasteiger partial charge is 0.257 e. The Labute approximate surface area is 140 Å². The van der Waals surface area contributed by atoms with Crippen molar-refractivity contribution in [1.82, 2.24) is 19.7 Å². The van der Waals surface area contributed by atoms with Crippen LogP contribution in [-0.2, 0) is 13.5 Å². The lowest BCUT2D eigenvalue weighted by molar-refractivity contribution is 0.0787. The van der Waals surface area contributed by atoms with Gasteiger partial charge in [-0.3, -0.25) is 14.5 Å². The van der Waals surface area contributed by atoms with Gasteiger partial charge in [-0.1, -0.05) is 18.2 Å². The highest BCUT2D eigenvalue weighted by molar-refractivity contribution is 5.93. The van der Waals surface area contributed by atoms with Gasteiger partial charge in [-0.15, -0.1) is 0 Å². The maximum Gasteiger partial charge on any atom is 0.257 e. The van der Waals surface area contributed by atoms with Crippen molar-refractivity contribution in [3.63, 3.8) is 0 Å². The van der Waals surface area contributed by atoms with Gasteiger partial charge in [0.15, 0.2) is 0 Å². The zero-order valence-electron chi connectivity index (χ0n) is 13.7. The number of aromatic nitrogens is 3. The summed E-state index contributed by atoms with van der Waals surface area (Å²) in [6.07, 6.45) is 7.40. The molecule has 24 heavy (non-hydrogen) atoms. The summed E-state index contributed by atoms with van der Waals surface area (Å²) in [5, 5.41) is 5.26. The molecule has 0 bridgehead atoms. The van der Waals surface area contributed by atoms with Crippen LogP contribution in [0.15, 0.2) is 48.9 Å². The van der Waals surface area contributed by atoms with Gasteiger partial charge in [-0.05, 0) is 36.5 Å². The van der Waals surface area contributed by atoms with Crippen LogP contribution in [0.5, 0.6) is 0 Å². The maximum absolute atomic E-state index is 12.5. The number of para-hydroxylation sites is 1. The molecule has 0 radical (unpaired) electrons. The number of likely N-dealkylation sites (tertiary alicyclic amines) is 1. The van der Waals surface area contributed by atoms with E-state index in [2.05, 4.69) is 22.2 Å². The number of pyridine rings is 1. The van der Waals surface area contributed by atoms with E-state index in [9.17, 15) is 4.79 Å². The molecule has 0 saturated carbocycles. The first-order chi connectivity index (χ1) is 11.7. The quantitative estimate of drug-likeness (QED) is 0.745. The first kappa shape index (κ1) is 14.9. The summed E-state index contributed by atoms with van der Waals surface area (Å²) in [6, 6.07) is 10.4. The average Bonchev–Trinajstić information content (AvgIpc) is 3.23. The van der Waals surface area contributed by atoms with E-state index in [1.54, 1.807) is 17.1 Å². The molecular weight excluding hydrogens is 300 g/mol. The molecule has 0 N–H and O–H groups in total. The van der Waals surface area contributed by atoms with Crippen molar-refractivity contribution in [2.75, 3.05) is 13.1 Å². The standard InChI is InChI=1S/C19H20N4O/c1-22-13-17(11-21-22)19(24)23-7-6-14(12-23)8-15-9-16-4-2-3-5-18(16)20-10-15/h2-5,9-11,13-14H,6-8,12H2,1H3. The molecule has 1 saturated heterocycles. The van der Waals surface area contributed by atoms with Gasteiger partial charge in [0.05, 0.1) is 17.3 Å². The van der Waals surface area contributed by atoms with E-state index < -0.39 is 0 Å². The Morgan fingerprint density at radius 1 is 1.29 bits per heavy atom. The van der Waals surface area contributed by atoms with Crippen LogP contribution in [0.25, 0.3) is 10.9 Å². The molecule has 1 aliphatic rings. The summed E-state index contributed by atoms with van der Waals surface area (Å²) in [6.45, 7) is 1.62. The van der Waals surface area contributed by atoms with E-state index in [0.29, 0.717) is 11.5 Å². The fourth-order valence-electron chi connectivity index (χ4n) is 3.46. The van der Waals surface area contributed by atoms with Gasteiger partial charge in [0.25, 0.3) is 5.91 Å². The van der Waals surface area contributed by atoms with E-state index in [1.807, 2.05) is 36.3 Å². The zero-order valence-corrected chi connectivity index (χ0v) is 13.7. The molecule has 1 unspecified atom stereocenters. The summed E-state index contributed by atoms with van der Waals surface area (Å²) >= 11 is 0. The molecular formula is C19H20N4O. The van der Waals surface area contributed by atoms with E-state index >= 15 is 0 Å². The number of amides is 1. The summed E-state index contributed by atoms with van der Waals surface area (Å²) in [4.78, 5) is 19.0. The predicted molar refractivity (Wildman–Crippen MR) is 92.7 cm³/mol. The first-order valence-electron chi connectivity index (χ1n) is 8.30. The van der Waals surface area contributed by atoms with Crippen LogP contribution in [0.3, 0.4) is 0 Å². The largest absolute Gasteiger partial charge is 0.338 e. The predicted octanol–water partition coefficient (Wildman–Crippen LogP) is 2.67. The number of hydrogen-bond donors (Lipinski definition) is 0. The van der Waals surface area contributed by atoms with Gasteiger partial charge in [-0.25, -0.2) is 0 Å². The van der Waals surface area contributed by atoms with Gasteiger partial charge >= 0.3 is 0 Å². The maximum atomic E-state index is 12.5. The third-order valence-corrected chi connectivity index (χ3v) is 4.70. The zero-order chi connectivity index (χ0) is 16.5. The molecule has 1 fully saturated rings. The minimum Gasteiger partial charge on any atom is -0.338 e. The molecule has 1 aliphatic heterocycles. The van der Waals surface area contributed by atoms with E-state index in [4.69, 9.17) is 0 Å². The molecule has 0 aliphatic carbocycles. The molecule has 1 amide bonds. The Balaban J connectivity index is 1.43. The van der Waals surface area contributed by atoms with Gasteiger partial charge in [-0.2, -0.15) is 5.10 Å². The number of hydrogen-bond acceptors (Lipinski definition) is 3. The van der Waals surface area contributed by atoms with Gasteiger partial charge < -0.3 is 4.90 Å². The Bertz CT molecular complexity index is 886. The highest BCUT2D eigenvalue weighted by Gasteiger charge is 2.27. The highest BCUT2D eigenvalue weighted by atomic mass is 16.2. The third kappa shape index (κ3) is 2.89. The molecule has 4 rings (SSSR count). The summed E-state index contributed by atoms with van der Waals surface area (Å²) in [5.74, 6) is 0.579. The van der Waals surface area contributed by atoms with Crippen LogP contribution in [0.4, 0.5) is 0 Å². The van der Waals surface area contributed by atoms with Crippen molar-refractivity contribution in [2.24, 2.45) is 13.0 Å². The first-order valence-corrected chi connectivity index (χ1v) is 8.30. The fraction of sp³-hybridized carbons (Fsp3) is 0.316. The van der Waals surface area contributed by atoms with Crippen molar-refractivity contribution >= 4 is 16.8 Å². The van der Waals surface area contributed by atoms with E-state index in [-0.39, 0.29) is 5.91 Å². The molecule has 1 atom stereocenters. The fourth-order valence-corrected chi connectivity index (χ4v) is 3.46. The second-order valence-corrected chi connectivity index (χ2v) is 6.55. The monoisotopic (exact) mass is 320 g/mol. The van der Waals surface area contributed by atoms with Crippen molar-refractivity contribution < 1.29 is 4.79 Å². The normalized spacial score (nSPS) is 17.5. The topological polar surface area (TPSA) is 51.0 Å². The Hall–Kier alpha value is -2.69. The number of fused-ring (bicyclic) bond motifs is 1. The Morgan fingerprint density at radius 2 is 2.17 bits per heavy atom. The van der Waals surface area contributed by atoms with Gasteiger partial charge in [0.2, 0.25) is 0 Å². The lowest BCUT2D eigenvalue weighted by atomic mass is 9.99. The van der Waals surface area contributed by atoms with Crippen molar-refractivity contribution in [2.45, 2.75) is 12.8 Å². The van der Waals surface area contributed by atoms with Crippen molar-refractivity contribution in [3.05, 3.63) is 60.0 Å². The molecule has 5 nitrogen and oxygen atoms in total. The van der Waals surface area contributed by atoms with Crippen LogP contribution in [0.1, 0.15) is 22.3 Å². The van der Waals surface area contributed by atoms with Crippen molar-refractivity contribution in [3.8, 4) is 0 Å². The summed E-state index contributed by atoms with van der Waals surface area (Å²) < 4.78 is 1.67. The molecule has 122 valence electrons. The Morgan fingerprint density at radius 3 is 3.00 bits per heavy atom. The lowest BCUT2D eigenvalue weighted by Gasteiger charge is -2.15. The minimum absolute atomic E-state index is 0.0854. The molecule has 5 heteroatoms. The van der Waals surface area contributed by atoms with Crippen LogP contribution in [-0.4, -0.2) is 38.7 Å². The number of rotatable bonds is 3. The number of benzene rings is 1. The lowest BCUT2D eigenvalue weighted by Crippen LogP contribution is -2.28. The second-order valence-electron chi connectivity index (χ2n) is 6.55. The van der Waals surface area contributed by atoms with Crippen LogP contribution >= 0.6 is 0 Å². The van der Waals surface area contributed by atoms with Gasteiger partial charge in [0, 0.05) is 37.9 Å². The number of carbonyl (C=O) groups is 1. The van der Waals surface area contributed by atoms with E-state index in [1.165, 1.54) is 10.9 Å². The second kappa shape index (κ2) is 6.07. The Kier molecular flexibility index (Phi) is 3.76. The molecule has 3 aromatic rings. The highest BCUT2D eigenvalue weighted by Crippen LogP contribution is 2.23. The average molecular weight is 320 g/mol. The van der Waals surface area contributed by atoms with Crippen LogP contribution < -0.4 is 0 Å². The van der Waals surface area contributed by atoms with Crippen molar-refractivity contribution in [1.29, 1.82) is 0 Å². The molecule has 0 spiro atoms. The van der Waals surface area contributed by atoms with E-state index in [0.717, 1.165) is 31.4 Å². The third-order valence-electron chi connectivity index (χ3n) is 4.70. The van der Waals surface area contributed by atoms with Crippen LogP contribution in [0, 0.1) is 5.92 Å². The number of carbonyl (C=O) groups excluding carboxylic acids is 1. The molecule has 3 heterocycles. The summed E-state index contributed by atoms with van der Waals surface area (Å²) in [5.41, 5.74) is 2.95. The number of nitrogens with zero attached hydrogens (tertiary/aromatic N) is 4. The SMILES string of the molecule is Cn1cc(C(=O)N2CCC(Cc3cnc4ccccc4c3)C2)cn1. The minimum atomic E-state index is 0.0854. The summed E-state index contributed by atoms with van der Waals surface area (Å²) in [7, 11) is 1.83. The number of aryl methyl sites for hydroxylation is 1. The molecule has 2 aromatic heterocycles.